The number of fused-ring (bicyclic) bond motifs is 2. The molecule has 0 aromatic heterocycles. The molecule has 2 unspecified atom stereocenters. The zero-order chi connectivity index (χ0) is 7.97. The minimum atomic E-state index is 1.01. The van der Waals surface area contributed by atoms with Crippen LogP contribution in [0.5, 0.6) is 0 Å². The Morgan fingerprint density at radius 2 is 2.00 bits per heavy atom. The highest BCUT2D eigenvalue weighted by Crippen LogP contribution is 2.39. The van der Waals surface area contributed by atoms with E-state index in [9.17, 15) is 0 Å². The van der Waals surface area contributed by atoms with Crippen LogP contribution in [0.15, 0.2) is 0 Å². The lowest BCUT2D eigenvalue weighted by atomic mass is 9.85. The molecule has 0 radical (unpaired) electrons. The first-order valence-electron chi connectivity index (χ1n) is 5.66. The number of nitrogens with zero attached hydrogens (tertiary/aromatic N) is 1. The standard InChI is InChI=1S/C11H19N/c1-2-9(3-1)7-12-8-10-4-5-11(12)6-10/h9-11H,1-8H2. The number of likely N-dealkylation sites (tertiary alicyclic amines) is 1. The average Bonchev–Trinajstić information content (AvgIpc) is 2.56. The van der Waals surface area contributed by atoms with Crippen molar-refractivity contribution in [2.24, 2.45) is 11.8 Å². The highest BCUT2D eigenvalue weighted by Gasteiger charge is 2.38. The second-order valence-electron chi connectivity index (χ2n) is 5.08. The van der Waals surface area contributed by atoms with Gasteiger partial charge in [-0.15, -0.1) is 0 Å². The summed E-state index contributed by atoms with van der Waals surface area (Å²) in [4.78, 5) is 2.79. The minimum absolute atomic E-state index is 1.01. The van der Waals surface area contributed by atoms with Gasteiger partial charge in [0.05, 0.1) is 0 Å². The van der Waals surface area contributed by atoms with Crippen molar-refractivity contribution in [2.75, 3.05) is 13.1 Å². The fourth-order valence-corrected chi connectivity index (χ4v) is 3.26. The van der Waals surface area contributed by atoms with E-state index in [4.69, 9.17) is 0 Å². The molecule has 12 heavy (non-hydrogen) atoms. The molecule has 1 saturated heterocycles. The molecule has 0 amide bonds. The SMILES string of the molecule is C1CC(CN2CC3CCC2C3)C1. The van der Waals surface area contributed by atoms with Gasteiger partial charge in [-0.1, -0.05) is 6.42 Å². The molecule has 0 N–H and O–H groups in total. The van der Waals surface area contributed by atoms with Gasteiger partial charge in [-0.3, -0.25) is 4.90 Å². The Morgan fingerprint density at radius 3 is 2.50 bits per heavy atom. The molecule has 1 heterocycles. The largest absolute Gasteiger partial charge is 0.300 e. The lowest BCUT2D eigenvalue weighted by Crippen LogP contribution is -2.37. The van der Waals surface area contributed by atoms with E-state index in [0.29, 0.717) is 0 Å². The van der Waals surface area contributed by atoms with Crippen LogP contribution in [0, 0.1) is 11.8 Å². The first-order valence-corrected chi connectivity index (χ1v) is 5.66. The Morgan fingerprint density at radius 1 is 1.08 bits per heavy atom. The van der Waals surface area contributed by atoms with Crippen molar-refractivity contribution in [1.82, 2.24) is 4.90 Å². The highest BCUT2D eigenvalue weighted by atomic mass is 15.2. The van der Waals surface area contributed by atoms with Crippen LogP contribution in [0.25, 0.3) is 0 Å². The van der Waals surface area contributed by atoms with E-state index < -0.39 is 0 Å². The van der Waals surface area contributed by atoms with E-state index in [1.807, 2.05) is 0 Å². The lowest BCUT2D eigenvalue weighted by Gasteiger charge is -2.34. The first-order chi connectivity index (χ1) is 5.92. The summed E-state index contributed by atoms with van der Waals surface area (Å²) < 4.78 is 0. The van der Waals surface area contributed by atoms with Crippen LogP contribution in [-0.2, 0) is 0 Å². The number of rotatable bonds is 2. The number of hydrogen-bond acceptors (Lipinski definition) is 1. The molecule has 2 saturated carbocycles. The van der Waals surface area contributed by atoms with Crippen LogP contribution >= 0.6 is 0 Å². The quantitative estimate of drug-likeness (QED) is 0.606. The predicted molar refractivity (Wildman–Crippen MR) is 50.0 cm³/mol. The van der Waals surface area contributed by atoms with Crippen LogP contribution in [-0.4, -0.2) is 24.0 Å². The third-order valence-electron chi connectivity index (χ3n) is 4.24. The van der Waals surface area contributed by atoms with Crippen molar-refractivity contribution >= 4 is 0 Å². The Bertz CT molecular complexity index is 174. The smallest absolute Gasteiger partial charge is 0.00987 e. The summed E-state index contributed by atoms with van der Waals surface area (Å²) in [6.07, 6.45) is 9.13. The fraction of sp³-hybridized carbons (Fsp3) is 1.00. The van der Waals surface area contributed by atoms with Crippen molar-refractivity contribution in [3.63, 3.8) is 0 Å². The molecule has 1 nitrogen and oxygen atoms in total. The zero-order valence-corrected chi connectivity index (χ0v) is 7.84. The molecule has 0 spiro atoms. The van der Waals surface area contributed by atoms with E-state index in [1.54, 1.807) is 0 Å². The molecule has 3 aliphatic rings. The van der Waals surface area contributed by atoms with Crippen molar-refractivity contribution in [3.8, 4) is 0 Å². The highest BCUT2D eigenvalue weighted by molar-refractivity contribution is 4.93. The summed E-state index contributed by atoms with van der Waals surface area (Å²) in [7, 11) is 0. The maximum Gasteiger partial charge on any atom is 0.00987 e. The normalized spacial score (nSPS) is 42.0. The van der Waals surface area contributed by atoms with Crippen molar-refractivity contribution in [2.45, 2.75) is 44.6 Å². The monoisotopic (exact) mass is 165 g/mol. The Labute approximate surface area is 75.1 Å². The Balaban J connectivity index is 1.56. The molecule has 2 atom stereocenters. The van der Waals surface area contributed by atoms with E-state index in [0.717, 1.165) is 17.9 Å². The van der Waals surface area contributed by atoms with Crippen molar-refractivity contribution in [1.29, 1.82) is 0 Å². The van der Waals surface area contributed by atoms with Gasteiger partial charge in [0, 0.05) is 19.1 Å². The molecular weight excluding hydrogens is 146 g/mol. The second-order valence-corrected chi connectivity index (χ2v) is 5.08. The molecule has 3 rings (SSSR count). The van der Waals surface area contributed by atoms with Crippen molar-refractivity contribution < 1.29 is 0 Å². The van der Waals surface area contributed by atoms with Gasteiger partial charge in [-0.05, 0) is 43.9 Å². The fourth-order valence-electron chi connectivity index (χ4n) is 3.26. The maximum atomic E-state index is 2.79. The van der Waals surface area contributed by atoms with Gasteiger partial charge in [-0.25, -0.2) is 0 Å². The van der Waals surface area contributed by atoms with Gasteiger partial charge in [0.15, 0.2) is 0 Å². The summed E-state index contributed by atoms with van der Waals surface area (Å²) in [5, 5.41) is 0. The third-order valence-corrected chi connectivity index (χ3v) is 4.24. The molecule has 68 valence electrons. The maximum absolute atomic E-state index is 2.79. The molecule has 1 heteroatoms. The zero-order valence-electron chi connectivity index (χ0n) is 7.84. The van der Waals surface area contributed by atoms with Gasteiger partial charge >= 0.3 is 0 Å². The van der Waals surface area contributed by atoms with Gasteiger partial charge in [-0.2, -0.15) is 0 Å². The lowest BCUT2D eigenvalue weighted by molar-refractivity contribution is 0.144. The van der Waals surface area contributed by atoms with E-state index in [-0.39, 0.29) is 0 Å². The summed E-state index contributed by atoms with van der Waals surface area (Å²) in [5.41, 5.74) is 0. The summed E-state index contributed by atoms with van der Waals surface area (Å²) >= 11 is 0. The van der Waals surface area contributed by atoms with Crippen LogP contribution in [0.2, 0.25) is 0 Å². The summed E-state index contributed by atoms with van der Waals surface area (Å²) in [6.45, 7) is 2.89. The van der Waals surface area contributed by atoms with Crippen LogP contribution < -0.4 is 0 Å². The van der Waals surface area contributed by atoms with Gasteiger partial charge < -0.3 is 0 Å². The summed E-state index contributed by atoms with van der Waals surface area (Å²) in [5.74, 6) is 2.18. The molecular formula is C11H19N. The van der Waals surface area contributed by atoms with Crippen molar-refractivity contribution in [3.05, 3.63) is 0 Å². The number of piperidine rings is 1. The average molecular weight is 165 g/mol. The van der Waals surface area contributed by atoms with Crippen LogP contribution in [0.3, 0.4) is 0 Å². The van der Waals surface area contributed by atoms with Crippen LogP contribution in [0.1, 0.15) is 38.5 Å². The summed E-state index contributed by atoms with van der Waals surface area (Å²) in [6, 6.07) is 1.01. The molecule has 2 bridgehead atoms. The Hall–Kier alpha value is -0.0400. The molecule has 2 aliphatic carbocycles. The van der Waals surface area contributed by atoms with Gasteiger partial charge in [0.25, 0.3) is 0 Å². The molecule has 3 fully saturated rings. The molecule has 1 aliphatic heterocycles. The van der Waals surface area contributed by atoms with E-state index in [1.165, 1.54) is 51.6 Å². The molecule has 0 aromatic carbocycles. The minimum Gasteiger partial charge on any atom is -0.300 e. The van der Waals surface area contributed by atoms with Gasteiger partial charge in [0.1, 0.15) is 0 Å². The topological polar surface area (TPSA) is 3.24 Å². The van der Waals surface area contributed by atoms with Gasteiger partial charge in [0.2, 0.25) is 0 Å². The van der Waals surface area contributed by atoms with E-state index in [2.05, 4.69) is 4.90 Å². The molecule has 0 aromatic rings. The predicted octanol–water partition coefficient (Wildman–Crippen LogP) is 2.27. The second kappa shape index (κ2) is 2.73. The van der Waals surface area contributed by atoms with Crippen LogP contribution in [0.4, 0.5) is 0 Å². The number of hydrogen-bond donors (Lipinski definition) is 0. The van der Waals surface area contributed by atoms with E-state index >= 15 is 0 Å². The first kappa shape index (κ1) is 7.37. The Kier molecular flexibility index (Phi) is 1.68. The third kappa shape index (κ3) is 1.10.